The third-order valence-electron chi connectivity index (χ3n) is 2.08. The van der Waals surface area contributed by atoms with Crippen molar-refractivity contribution in [1.29, 1.82) is 0 Å². The summed E-state index contributed by atoms with van der Waals surface area (Å²) in [5.74, 6) is 0. The van der Waals surface area contributed by atoms with Gasteiger partial charge in [-0.3, -0.25) is 0 Å². The predicted molar refractivity (Wildman–Crippen MR) is 39.8 cm³/mol. The Kier molecular flexibility index (Phi) is 2.46. The summed E-state index contributed by atoms with van der Waals surface area (Å²) >= 11 is 0. The molecule has 0 amide bonds. The summed E-state index contributed by atoms with van der Waals surface area (Å²) in [4.78, 5) is 0. The molecule has 2 heteroatoms. The molecule has 58 valence electrons. The topological polar surface area (TPSA) is 29.5 Å². The van der Waals surface area contributed by atoms with Crippen LogP contribution in [-0.2, 0) is 4.74 Å². The van der Waals surface area contributed by atoms with Crippen molar-refractivity contribution in [3.05, 3.63) is 12.2 Å². The zero-order chi connectivity index (χ0) is 7.56. The van der Waals surface area contributed by atoms with Crippen molar-refractivity contribution < 1.29 is 9.84 Å². The van der Waals surface area contributed by atoms with E-state index in [2.05, 4.69) is 6.58 Å². The van der Waals surface area contributed by atoms with Crippen molar-refractivity contribution in [2.45, 2.75) is 31.5 Å². The molecule has 2 atom stereocenters. The number of hydrogen-bond donors (Lipinski definition) is 1. The van der Waals surface area contributed by atoms with E-state index in [9.17, 15) is 5.11 Å². The highest BCUT2D eigenvalue weighted by atomic mass is 16.5. The minimum absolute atomic E-state index is 0.237. The normalized spacial score (nSPS) is 34.4. The van der Waals surface area contributed by atoms with Crippen LogP contribution in [0.25, 0.3) is 0 Å². The van der Waals surface area contributed by atoms with Gasteiger partial charge in [-0.15, -0.1) is 0 Å². The molecule has 1 rings (SSSR count). The summed E-state index contributed by atoms with van der Waals surface area (Å²) < 4.78 is 5.11. The SMILES string of the molecule is C=C1CCC(OC)CC1O. The highest BCUT2D eigenvalue weighted by molar-refractivity contribution is 5.05. The molecule has 0 bridgehead atoms. The Morgan fingerprint density at radius 1 is 1.70 bits per heavy atom. The summed E-state index contributed by atoms with van der Waals surface area (Å²) in [5.41, 5.74) is 0.952. The lowest BCUT2D eigenvalue weighted by molar-refractivity contribution is 0.0347. The molecular formula is C8H14O2. The molecule has 2 unspecified atom stereocenters. The first-order valence-corrected chi connectivity index (χ1v) is 3.62. The van der Waals surface area contributed by atoms with E-state index in [-0.39, 0.29) is 12.2 Å². The van der Waals surface area contributed by atoms with E-state index in [1.165, 1.54) is 0 Å². The Morgan fingerprint density at radius 2 is 2.40 bits per heavy atom. The average molecular weight is 142 g/mol. The lowest BCUT2D eigenvalue weighted by Crippen LogP contribution is -2.26. The molecule has 2 nitrogen and oxygen atoms in total. The predicted octanol–water partition coefficient (Wildman–Crippen LogP) is 1.10. The summed E-state index contributed by atoms with van der Waals surface area (Å²) in [6.45, 7) is 3.76. The van der Waals surface area contributed by atoms with Gasteiger partial charge in [0.05, 0.1) is 12.2 Å². The molecule has 1 N–H and O–H groups in total. The van der Waals surface area contributed by atoms with Crippen LogP contribution in [0.2, 0.25) is 0 Å². The quantitative estimate of drug-likeness (QED) is 0.555. The van der Waals surface area contributed by atoms with Gasteiger partial charge in [-0.25, -0.2) is 0 Å². The molecule has 1 aliphatic rings. The van der Waals surface area contributed by atoms with Crippen LogP contribution in [0.15, 0.2) is 12.2 Å². The van der Waals surface area contributed by atoms with Gasteiger partial charge in [0.2, 0.25) is 0 Å². The maximum Gasteiger partial charge on any atom is 0.0772 e. The molecule has 1 aliphatic carbocycles. The molecule has 0 aromatic rings. The standard InChI is InChI=1S/C8H14O2/c1-6-3-4-7(10-2)5-8(6)9/h7-9H,1,3-5H2,2H3. The van der Waals surface area contributed by atoms with Gasteiger partial charge < -0.3 is 9.84 Å². The Bertz CT molecular complexity index is 131. The fourth-order valence-electron chi connectivity index (χ4n) is 1.26. The second-order valence-electron chi connectivity index (χ2n) is 2.81. The maximum atomic E-state index is 9.30. The molecule has 1 fully saturated rings. The summed E-state index contributed by atoms with van der Waals surface area (Å²) in [5, 5.41) is 9.30. The van der Waals surface area contributed by atoms with Crippen LogP contribution >= 0.6 is 0 Å². The van der Waals surface area contributed by atoms with Crippen molar-refractivity contribution in [3.8, 4) is 0 Å². The molecule has 0 aliphatic heterocycles. The largest absolute Gasteiger partial charge is 0.389 e. The summed E-state index contributed by atoms with van der Waals surface area (Å²) in [6, 6.07) is 0. The first kappa shape index (κ1) is 7.76. The van der Waals surface area contributed by atoms with Crippen LogP contribution in [0, 0.1) is 0 Å². The number of hydrogen-bond acceptors (Lipinski definition) is 2. The highest BCUT2D eigenvalue weighted by Crippen LogP contribution is 2.23. The molecule has 10 heavy (non-hydrogen) atoms. The second-order valence-corrected chi connectivity index (χ2v) is 2.81. The smallest absolute Gasteiger partial charge is 0.0772 e. The Morgan fingerprint density at radius 3 is 2.90 bits per heavy atom. The van der Waals surface area contributed by atoms with Crippen LogP contribution in [0.1, 0.15) is 19.3 Å². The third kappa shape index (κ3) is 1.58. The van der Waals surface area contributed by atoms with Gasteiger partial charge in [-0.1, -0.05) is 6.58 Å². The van der Waals surface area contributed by atoms with E-state index in [4.69, 9.17) is 4.74 Å². The summed E-state index contributed by atoms with van der Waals surface area (Å²) in [6.07, 6.45) is 2.53. The molecule has 0 aromatic heterocycles. The van der Waals surface area contributed by atoms with E-state index < -0.39 is 0 Å². The van der Waals surface area contributed by atoms with Gasteiger partial charge >= 0.3 is 0 Å². The number of ether oxygens (including phenoxy) is 1. The average Bonchev–Trinajstić information content (AvgIpc) is 1.95. The number of rotatable bonds is 1. The Hall–Kier alpha value is -0.340. The van der Waals surface area contributed by atoms with Crippen LogP contribution in [0.5, 0.6) is 0 Å². The molecule has 0 saturated heterocycles. The Balaban J connectivity index is 2.40. The van der Waals surface area contributed by atoms with Gasteiger partial charge in [-0.2, -0.15) is 0 Å². The zero-order valence-electron chi connectivity index (χ0n) is 6.34. The van der Waals surface area contributed by atoms with E-state index in [1.807, 2.05) is 0 Å². The van der Waals surface area contributed by atoms with E-state index in [0.717, 1.165) is 24.8 Å². The number of aliphatic hydroxyl groups excluding tert-OH is 1. The first-order valence-electron chi connectivity index (χ1n) is 3.62. The van der Waals surface area contributed by atoms with Gasteiger partial charge in [-0.05, 0) is 18.4 Å². The van der Waals surface area contributed by atoms with Crippen molar-refractivity contribution in [3.63, 3.8) is 0 Å². The second kappa shape index (κ2) is 3.17. The van der Waals surface area contributed by atoms with Crippen molar-refractivity contribution in [1.82, 2.24) is 0 Å². The van der Waals surface area contributed by atoms with Gasteiger partial charge in [0, 0.05) is 13.5 Å². The number of aliphatic hydroxyl groups is 1. The minimum Gasteiger partial charge on any atom is -0.389 e. The fraction of sp³-hybridized carbons (Fsp3) is 0.750. The van der Waals surface area contributed by atoms with Gasteiger partial charge in [0.25, 0.3) is 0 Å². The number of methoxy groups -OCH3 is 1. The van der Waals surface area contributed by atoms with Crippen molar-refractivity contribution in [2.75, 3.05) is 7.11 Å². The first-order chi connectivity index (χ1) is 4.74. The fourth-order valence-corrected chi connectivity index (χ4v) is 1.26. The van der Waals surface area contributed by atoms with Crippen LogP contribution in [0.4, 0.5) is 0 Å². The van der Waals surface area contributed by atoms with E-state index in [1.54, 1.807) is 7.11 Å². The molecular weight excluding hydrogens is 128 g/mol. The van der Waals surface area contributed by atoms with Crippen molar-refractivity contribution in [2.24, 2.45) is 0 Å². The lowest BCUT2D eigenvalue weighted by atomic mass is 9.91. The van der Waals surface area contributed by atoms with Gasteiger partial charge in [0.15, 0.2) is 0 Å². The van der Waals surface area contributed by atoms with Crippen molar-refractivity contribution >= 4 is 0 Å². The molecule has 0 spiro atoms. The lowest BCUT2D eigenvalue weighted by Gasteiger charge is -2.26. The van der Waals surface area contributed by atoms with E-state index in [0.29, 0.717) is 0 Å². The molecule has 0 heterocycles. The van der Waals surface area contributed by atoms with Crippen LogP contribution < -0.4 is 0 Å². The van der Waals surface area contributed by atoms with E-state index >= 15 is 0 Å². The molecule has 0 aromatic carbocycles. The third-order valence-corrected chi connectivity index (χ3v) is 2.08. The van der Waals surface area contributed by atoms with Crippen LogP contribution in [0.3, 0.4) is 0 Å². The maximum absolute atomic E-state index is 9.30. The highest BCUT2D eigenvalue weighted by Gasteiger charge is 2.21. The Labute approximate surface area is 61.5 Å². The molecule has 1 saturated carbocycles. The monoisotopic (exact) mass is 142 g/mol. The minimum atomic E-state index is -0.335. The summed E-state index contributed by atoms with van der Waals surface area (Å²) in [7, 11) is 1.69. The van der Waals surface area contributed by atoms with Gasteiger partial charge in [0.1, 0.15) is 0 Å². The van der Waals surface area contributed by atoms with Crippen LogP contribution in [-0.4, -0.2) is 24.4 Å². The zero-order valence-corrected chi connectivity index (χ0v) is 6.34. The molecule has 0 radical (unpaired) electrons.